The molecule has 2 aromatic rings. The van der Waals surface area contributed by atoms with Crippen molar-refractivity contribution >= 4 is 40.5 Å². The van der Waals surface area contributed by atoms with Crippen molar-refractivity contribution in [3.05, 3.63) is 47.0 Å². The minimum atomic E-state index is -4.57. The van der Waals surface area contributed by atoms with E-state index in [1.807, 2.05) is 4.90 Å². The van der Waals surface area contributed by atoms with Gasteiger partial charge in [-0.05, 0) is 36.4 Å². The average Bonchev–Trinajstić information content (AvgIpc) is 2.76. The fourth-order valence-corrected chi connectivity index (χ4v) is 3.74. The summed E-state index contributed by atoms with van der Waals surface area (Å²) < 4.78 is 50.5. The second kappa shape index (κ2) is 8.87. The van der Waals surface area contributed by atoms with Crippen molar-refractivity contribution in [2.75, 3.05) is 54.6 Å². The Kier molecular flexibility index (Phi) is 6.16. The molecule has 0 unspecified atom stereocenters. The molecule has 1 fully saturated rings. The van der Waals surface area contributed by atoms with E-state index in [0.29, 0.717) is 48.5 Å². The van der Waals surface area contributed by atoms with Crippen molar-refractivity contribution in [3.8, 4) is 5.75 Å². The first-order chi connectivity index (χ1) is 15.2. The number of halogens is 4. The number of anilines is 3. The van der Waals surface area contributed by atoms with Crippen molar-refractivity contribution in [1.29, 1.82) is 0 Å². The SMILES string of the molecule is O=C(CN1C(=O)COc2ccc(Cl)cc21)Nc1cc(C(F)(F)F)ccc1N1CCOCC1. The normalized spacial score (nSPS) is 16.4. The first-order valence-corrected chi connectivity index (χ1v) is 10.2. The summed E-state index contributed by atoms with van der Waals surface area (Å²) in [5, 5.41) is 2.89. The van der Waals surface area contributed by atoms with E-state index in [1.165, 1.54) is 17.0 Å². The van der Waals surface area contributed by atoms with Crippen molar-refractivity contribution in [2.24, 2.45) is 0 Å². The van der Waals surface area contributed by atoms with Crippen LogP contribution < -0.4 is 19.9 Å². The zero-order valence-electron chi connectivity index (χ0n) is 16.7. The number of fused-ring (bicyclic) bond motifs is 1. The number of alkyl halides is 3. The molecule has 2 aromatic carbocycles. The maximum Gasteiger partial charge on any atom is 0.416 e. The van der Waals surface area contributed by atoms with Gasteiger partial charge in [-0.15, -0.1) is 0 Å². The minimum absolute atomic E-state index is 0.0127. The molecule has 0 bridgehead atoms. The Hall–Kier alpha value is -2.98. The molecule has 2 heterocycles. The molecule has 0 aliphatic carbocycles. The van der Waals surface area contributed by atoms with E-state index in [1.54, 1.807) is 12.1 Å². The summed E-state index contributed by atoms with van der Waals surface area (Å²) in [6.07, 6.45) is -4.57. The molecule has 1 saturated heterocycles. The lowest BCUT2D eigenvalue weighted by Gasteiger charge is -2.31. The lowest BCUT2D eigenvalue weighted by atomic mass is 10.1. The molecular formula is C21H19ClF3N3O4. The second-order valence-corrected chi connectivity index (χ2v) is 7.69. The smallest absolute Gasteiger partial charge is 0.416 e. The standard InChI is InChI=1S/C21H19ClF3N3O4/c22-14-2-4-18-17(10-14)28(20(30)12-32-18)11-19(29)26-15-9-13(21(23,24)25)1-3-16(15)27-5-7-31-8-6-27/h1-4,9-10H,5-8,11-12H2,(H,26,29). The van der Waals surface area contributed by atoms with Crippen LogP contribution in [0, 0.1) is 0 Å². The first-order valence-electron chi connectivity index (χ1n) is 9.79. The van der Waals surface area contributed by atoms with Gasteiger partial charge in [-0.3, -0.25) is 14.5 Å². The molecule has 0 radical (unpaired) electrons. The van der Waals surface area contributed by atoms with Crippen LogP contribution in [-0.2, 0) is 20.5 Å². The number of amides is 2. The second-order valence-electron chi connectivity index (χ2n) is 7.26. The molecule has 4 rings (SSSR count). The van der Waals surface area contributed by atoms with Crippen molar-refractivity contribution in [1.82, 2.24) is 0 Å². The summed E-state index contributed by atoms with van der Waals surface area (Å²) in [5.41, 5.74) is -0.101. The Balaban J connectivity index is 1.60. The number of nitrogens with zero attached hydrogens (tertiary/aromatic N) is 2. The van der Waals surface area contributed by atoms with Crippen LogP contribution in [-0.4, -0.2) is 51.3 Å². The van der Waals surface area contributed by atoms with Gasteiger partial charge in [0, 0.05) is 18.1 Å². The van der Waals surface area contributed by atoms with Crippen LogP contribution in [0.3, 0.4) is 0 Å². The van der Waals surface area contributed by atoms with Gasteiger partial charge in [0.15, 0.2) is 6.61 Å². The highest BCUT2D eigenvalue weighted by atomic mass is 35.5. The molecule has 11 heteroatoms. The molecule has 0 saturated carbocycles. The molecular weight excluding hydrogens is 451 g/mol. The third-order valence-electron chi connectivity index (χ3n) is 5.12. The topological polar surface area (TPSA) is 71.1 Å². The van der Waals surface area contributed by atoms with E-state index in [9.17, 15) is 22.8 Å². The number of carbonyl (C=O) groups is 2. The van der Waals surface area contributed by atoms with Crippen LogP contribution in [0.2, 0.25) is 5.02 Å². The number of morpholine rings is 1. The summed E-state index contributed by atoms with van der Waals surface area (Å²) in [4.78, 5) is 28.2. The van der Waals surface area contributed by atoms with Gasteiger partial charge in [0.1, 0.15) is 12.3 Å². The molecule has 7 nitrogen and oxygen atoms in total. The lowest BCUT2D eigenvalue weighted by Crippen LogP contribution is -2.43. The highest BCUT2D eigenvalue weighted by Crippen LogP contribution is 2.37. The van der Waals surface area contributed by atoms with Crippen LogP contribution >= 0.6 is 11.6 Å². The summed E-state index contributed by atoms with van der Waals surface area (Å²) >= 11 is 6.01. The zero-order chi connectivity index (χ0) is 22.9. The van der Waals surface area contributed by atoms with Gasteiger partial charge in [-0.25, -0.2) is 0 Å². The third kappa shape index (κ3) is 4.76. The average molecular weight is 470 g/mol. The number of ether oxygens (including phenoxy) is 2. The maximum atomic E-state index is 13.3. The van der Waals surface area contributed by atoms with E-state index in [0.717, 1.165) is 12.1 Å². The van der Waals surface area contributed by atoms with Gasteiger partial charge >= 0.3 is 6.18 Å². The van der Waals surface area contributed by atoms with Gasteiger partial charge in [0.25, 0.3) is 5.91 Å². The summed E-state index contributed by atoms with van der Waals surface area (Å²) in [6, 6.07) is 7.87. The lowest BCUT2D eigenvalue weighted by molar-refractivity contribution is -0.137. The molecule has 0 aromatic heterocycles. The molecule has 0 atom stereocenters. The molecule has 2 aliphatic rings. The van der Waals surface area contributed by atoms with Crippen LogP contribution in [0.5, 0.6) is 5.75 Å². The molecule has 1 N–H and O–H groups in total. The number of hydrogen-bond acceptors (Lipinski definition) is 5. The fraction of sp³-hybridized carbons (Fsp3) is 0.333. The number of nitrogens with one attached hydrogen (secondary N) is 1. The van der Waals surface area contributed by atoms with Crippen LogP contribution in [0.25, 0.3) is 0 Å². The molecule has 2 aliphatic heterocycles. The number of rotatable bonds is 4. The van der Waals surface area contributed by atoms with Crippen LogP contribution in [0.1, 0.15) is 5.56 Å². The third-order valence-corrected chi connectivity index (χ3v) is 5.35. The summed E-state index contributed by atoms with van der Waals surface area (Å²) in [5.74, 6) is -0.734. The van der Waals surface area contributed by atoms with Gasteiger partial charge < -0.3 is 19.7 Å². The zero-order valence-corrected chi connectivity index (χ0v) is 17.5. The Bertz CT molecular complexity index is 1040. The number of carbonyl (C=O) groups excluding carboxylic acids is 2. The number of benzene rings is 2. The number of hydrogen-bond donors (Lipinski definition) is 1. The van der Waals surface area contributed by atoms with Gasteiger partial charge in [0.2, 0.25) is 5.91 Å². The molecule has 32 heavy (non-hydrogen) atoms. The summed E-state index contributed by atoms with van der Waals surface area (Å²) in [6.45, 7) is 1.13. The Morgan fingerprint density at radius 3 is 2.56 bits per heavy atom. The quantitative estimate of drug-likeness (QED) is 0.741. The predicted octanol–water partition coefficient (Wildman–Crippen LogP) is 3.56. The monoisotopic (exact) mass is 469 g/mol. The van der Waals surface area contributed by atoms with Crippen molar-refractivity contribution in [3.63, 3.8) is 0 Å². The summed E-state index contributed by atoms with van der Waals surface area (Å²) in [7, 11) is 0. The van der Waals surface area contributed by atoms with Gasteiger partial charge in [-0.1, -0.05) is 11.6 Å². The van der Waals surface area contributed by atoms with Gasteiger partial charge in [0.05, 0.1) is 35.8 Å². The first kappa shape index (κ1) is 22.2. The fourth-order valence-electron chi connectivity index (χ4n) is 3.57. The van der Waals surface area contributed by atoms with Crippen LogP contribution in [0.15, 0.2) is 36.4 Å². The molecule has 0 spiro atoms. The highest BCUT2D eigenvalue weighted by Gasteiger charge is 2.32. The molecule has 2 amide bonds. The van der Waals surface area contributed by atoms with E-state index in [2.05, 4.69) is 5.32 Å². The van der Waals surface area contributed by atoms with Crippen LogP contribution in [0.4, 0.5) is 30.2 Å². The van der Waals surface area contributed by atoms with E-state index in [-0.39, 0.29) is 12.3 Å². The maximum absolute atomic E-state index is 13.3. The minimum Gasteiger partial charge on any atom is -0.482 e. The highest BCUT2D eigenvalue weighted by molar-refractivity contribution is 6.31. The van der Waals surface area contributed by atoms with E-state index >= 15 is 0 Å². The Morgan fingerprint density at radius 1 is 1.09 bits per heavy atom. The van der Waals surface area contributed by atoms with E-state index in [4.69, 9.17) is 21.1 Å². The van der Waals surface area contributed by atoms with E-state index < -0.39 is 30.1 Å². The Morgan fingerprint density at radius 2 is 1.84 bits per heavy atom. The van der Waals surface area contributed by atoms with Gasteiger partial charge in [-0.2, -0.15) is 13.2 Å². The Labute approximate surface area is 186 Å². The predicted molar refractivity (Wildman–Crippen MR) is 112 cm³/mol. The van der Waals surface area contributed by atoms with Crippen molar-refractivity contribution < 1.29 is 32.2 Å². The van der Waals surface area contributed by atoms with Crippen molar-refractivity contribution in [2.45, 2.75) is 6.18 Å². The molecule has 170 valence electrons. The largest absolute Gasteiger partial charge is 0.482 e.